The number of nitrogens with zero attached hydrogens (tertiary/aromatic N) is 1. The molecule has 1 saturated carbocycles. The Labute approximate surface area is 142 Å². The van der Waals surface area contributed by atoms with E-state index < -0.39 is 21.6 Å². The molecule has 0 radical (unpaired) electrons. The van der Waals surface area contributed by atoms with Gasteiger partial charge in [-0.2, -0.15) is 19.6 Å². The van der Waals surface area contributed by atoms with Crippen LogP contribution in [0.5, 0.6) is 0 Å². The number of hydrogen-bond acceptors (Lipinski definition) is 6. The number of halogens is 1. The lowest BCUT2D eigenvalue weighted by molar-refractivity contribution is -0.662. The highest BCUT2D eigenvalue weighted by Crippen LogP contribution is 2.42. The van der Waals surface area contributed by atoms with E-state index in [0.29, 0.717) is 38.2 Å². The summed E-state index contributed by atoms with van der Waals surface area (Å²) in [5.41, 5.74) is 0. The van der Waals surface area contributed by atoms with Gasteiger partial charge in [-0.15, -0.1) is 11.6 Å². The van der Waals surface area contributed by atoms with E-state index in [1.54, 1.807) is 0 Å². The molecule has 0 amide bonds. The van der Waals surface area contributed by atoms with Crippen LogP contribution in [0.4, 0.5) is 0 Å². The van der Waals surface area contributed by atoms with Crippen molar-refractivity contribution in [1.29, 1.82) is 0 Å². The van der Waals surface area contributed by atoms with Crippen LogP contribution in [0.2, 0.25) is 0 Å². The number of piperidine rings is 1. The van der Waals surface area contributed by atoms with E-state index in [9.17, 15) is 8.42 Å². The molecule has 23 heavy (non-hydrogen) atoms. The van der Waals surface area contributed by atoms with Gasteiger partial charge in [0, 0.05) is 44.7 Å². The highest BCUT2D eigenvalue weighted by Gasteiger charge is 2.51. The highest BCUT2D eigenvalue weighted by molar-refractivity contribution is 7.89. The minimum Gasteiger partial charge on any atom is -0.212 e. The monoisotopic (exact) mass is 369 g/mol. The lowest BCUT2D eigenvalue weighted by Gasteiger charge is -2.46. The molecule has 3 aliphatic rings. The Bertz CT molecular complexity index is 487. The Hall–Kier alpha value is 0.0400. The first-order valence-electron chi connectivity index (χ1n) is 8.27. The van der Waals surface area contributed by atoms with Crippen LogP contribution >= 0.6 is 11.6 Å². The first-order chi connectivity index (χ1) is 11.0. The predicted octanol–water partition coefficient (Wildman–Crippen LogP) is 2.31. The molecule has 0 aromatic carbocycles. The largest absolute Gasteiger partial charge is 0.236 e. The topological polar surface area (TPSA) is 74.3 Å². The molecule has 2 saturated heterocycles. The summed E-state index contributed by atoms with van der Waals surface area (Å²) in [4.78, 5) is 22.2. The Morgan fingerprint density at radius 2 is 1.39 bits per heavy atom. The molecule has 3 rings (SSSR count). The molecular formula is C14H24ClNO6S. The molecule has 3 fully saturated rings. The Morgan fingerprint density at radius 1 is 0.870 bits per heavy atom. The summed E-state index contributed by atoms with van der Waals surface area (Å²) in [6.45, 7) is 0.647. The van der Waals surface area contributed by atoms with Crippen molar-refractivity contribution < 1.29 is 28.0 Å². The fraction of sp³-hybridized carbons (Fsp3) is 1.00. The molecule has 0 aromatic heterocycles. The molecule has 0 bridgehead atoms. The fourth-order valence-corrected chi connectivity index (χ4v) is 5.02. The van der Waals surface area contributed by atoms with Gasteiger partial charge in [-0.1, -0.05) is 6.42 Å². The van der Waals surface area contributed by atoms with E-state index in [2.05, 4.69) is 0 Å². The van der Waals surface area contributed by atoms with E-state index in [1.165, 1.54) is 4.31 Å². The van der Waals surface area contributed by atoms with E-state index in [4.69, 9.17) is 31.2 Å². The molecule has 0 aromatic rings. The van der Waals surface area contributed by atoms with Crippen LogP contribution in [0.15, 0.2) is 0 Å². The van der Waals surface area contributed by atoms with Crippen molar-refractivity contribution in [3.63, 3.8) is 0 Å². The van der Waals surface area contributed by atoms with Crippen LogP contribution in [-0.2, 0) is 29.6 Å². The number of sulfonamides is 1. The van der Waals surface area contributed by atoms with Gasteiger partial charge in [0.05, 0.1) is 5.75 Å². The zero-order valence-electron chi connectivity index (χ0n) is 13.2. The van der Waals surface area contributed by atoms with Crippen molar-refractivity contribution in [2.45, 2.75) is 62.9 Å². The number of alkyl halides is 1. The summed E-state index contributed by atoms with van der Waals surface area (Å²) in [6.07, 6.45) is 5.91. The number of rotatable bonds is 4. The summed E-state index contributed by atoms with van der Waals surface area (Å²) < 4.78 is 25.8. The number of hydrogen-bond donors (Lipinski definition) is 0. The first-order valence-corrected chi connectivity index (χ1v) is 10.4. The lowest BCUT2D eigenvalue weighted by Crippen LogP contribution is -2.56. The van der Waals surface area contributed by atoms with E-state index in [0.717, 1.165) is 32.1 Å². The second-order valence-corrected chi connectivity index (χ2v) is 8.94. The molecule has 2 heterocycles. The van der Waals surface area contributed by atoms with Crippen LogP contribution < -0.4 is 0 Å². The average molecular weight is 370 g/mol. The van der Waals surface area contributed by atoms with Gasteiger partial charge in [-0.25, -0.2) is 12.7 Å². The molecule has 7 nitrogen and oxygen atoms in total. The molecule has 9 heteroatoms. The maximum absolute atomic E-state index is 12.2. The maximum atomic E-state index is 12.2. The SMILES string of the molecule is O=S(=O)(CCCCl)N1CCC2(CC1)OOC1(CCCCC1)OO2. The van der Waals surface area contributed by atoms with Gasteiger partial charge in [-0.3, -0.25) is 0 Å². The molecule has 0 atom stereocenters. The second kappa shape index (κ2) is 7.11. The van der Waals surface area contributed by atoms with Crippen molar-refractivity contribution in [3.8, 4) is 0 Å². The van der Waals surface area contributed by atoms with Crippen molar-refractivity contribution >= 4 is 21.6 Å². The van der Waals surface area contributed by atoms with E-state index in [1.807, 2.05) is 0 Å². The van der Waals surface area contributed by atoms with Crippen LogP contribution in [0.3, 0.4) is 0 Å². The summed E-state index contributed by atoms with van der Waals surface area (Å²) in [6, 6.07) is 0. The summed E-state index contributed by atoms with van der Waals surface area (Å²) in [5, 5.41) is 0. The zero-order chi connectivity index (χ0) is 16.4. The van der Waals surface area contributed by atoms with Crippen LogP contribution in [0.25, 0.3) is 0 Å². The van der Waals surface area contributed by atoms with Gasteiger partial charge in [0.25, 0.3) is 0 Å². The quantitative estimate of drug-likeness (QED) is 0.559. The van der Waals surface area contributed by atoms with E-state index in [-0.39, 0.29) is 5.75 Å². The summed E-state index contributed by atoms with van der Waals surface area (Å²) >= 11 is 5.58. The van der Waals surface area contributed by atoms with Crippen molar-refractivity contribution in [3.05, 3.63) is 0 Å². The maximum Gasteiger partial charge on any atom is 0.236 e. The average Bonchev–Trinajstić information content (AvgIpc) is 2.58. The molecule has 2 aliphatic heterocycles. The zero-order valence-corrected chi connectivity index (χ0v) is 14.7. The van der Waals surface area contributed by atoms with Crippen molar-refractivity contribution in [2.24, 2.45) is 0 Å². The van der Waals surface area contributed by atoms with E-state index >= 15 is 0 Å². The van der Waals surface area contributed by atoms with Gasteiger partial charge in [0.1, 0.15) is 0 Å². The highest BCUT2D eigenvalue weighted by atomic mass is 35.5. The van der Waals surface area contributed by atoms with Crippen LogP contribution in [-0.4, -0.2) is 49.0 Å². The standard InChI is InChI=1S/C14H24ClNO6S/c15-9-4-12-23(17,18)16-10-7-14(8-11-16)21-19-13(20-22-14)5-2-1-3-6-13/h1-12H2. The minimum atomic E-state index is -3.27. The molecule has 134 valence electrons. The lowest BCUT2D eigenvalue weighted by atomic mass is 9.94. The molecule has 0 N–H and O–H groups in total. The van der Waals surface area contributed by atoms with Gasteiger partial charge in [-0.05, 0) is 19.3 Å². The van der Waals surface area contributed by atoms with Gasteiger partial charge in [0.15, 0.2) is 0 Å². The van der Waals surface area contributed by atoms with Crippen molar-refractivity contribution in [1.82, 2.24) is 4.31 Å². The smallest absolute Gasteiger partial charge is 0.212 e. The summed E-state index contributed by atoms with van der Waals surface area (Å²) in [5.74, 6) is -1.37. The van der Waals surface area contributed by atoms with Gasteiger partial charge >= 0.3 is 0 Å². The second-order valence-electron chi connectivity index (χ2n) is 6.47. The molecule has 2 spiro atoms. The fourth-order valence-electron chi connectivity index (χ4n) is 3.23. The van der Waals surface area contributed by atoms with Gasteiger partial charge in [0.2, 0.25) is 21.6 Å². The molecule has 1 aliphatic carbocycles. The first kappa shape index (κ1) is 17.8. The van der Waals surface area contributed by atoms with Crippen molar-refractivity contribution in [2.75, 3.05) is 24.7 Å². The third-order valence-corrected chi connectivity index (χ3v) is 6.94. The molecular weight excluding hydrogens is 346 g/mol. The third kappa shape index (κ3) is 4.00. The third-order valence-electron chi connectivity index (χ3n) is 4.72. The normalized spacial score (nSPS) is 28.2. The molecule has 0 unspecified atom stereocenters. The predicted molar refractivity (Wildman–Crippen MR) is 82.8 cm³/mol. The van der Waals surface area contributed by atoms with Crippen LogP contribution in [0.1, 0.15) is 51.4 Å². The summed E-state index contributed by atoms with van der Waals surface area (Å²) in [7, 11) is -3.27. The Kier molecular flexibility index (Phi) is 5.52. The Morgan fingerprint density at radius 3 is 1.91 bits per heavy atom. The van der Waals surface area contributed by atoms with Crippen LogP contribution in [0, 0.1) is 0 Å². The minimum absolute atomic E-state index is 0.0708. The Balaban J connectivity index is 1.53. The van der Waals surface area contributed by atoms with Gasteiger partial charge < -0.3 is 0 Å².